The molecule has 2 rings (SSSR count). The third-order valence-corrected chi connectivity index (χ3v) is 3.14. The number of nitrogens with one attached hydrogen (secondary N) is 1. The van der Waals surface area contributed by atoms with Gasteiger partial charge in [0.15, 0.2) is 0 Å². The molecule has 4 N–H and O–H groups in total. The van der Waals surface area contributed by atoms with Crippen LogP contribution in [0, 0.1) is 0 Å². The summed E-state index contributed by atoms with van der Waals surface area (Å²) in [4.78, 5) is 17.0. The molecule has 20 heavy (non-hydrogen) atoms. The Bertz CT molecular complexity index is 594. The standard InChI is InChI=1S/C14H19N3O3/c1-20-8-6-17(5-7-18)14(19)12-9-10-3-2-4-11(15)13(10)16-12/h2-4,9,16,18H,5-8,15H2,1H3. The third-order valence-electron chi connectivity index (χ3n) is 3.14. The molecule has 0 unspecified atom stereocenters. The molecule has 1 amide bonds. The summed E-state index contributed by atoms with van der Waals surface area (Å²) >= 11 is 0. The lowest BCUT2D eigenvalue weighted by Crippen LogP contribution is -2.36. The highest BCUT2D eigenvalue weighted by Crippen LogP contribution is 2.21. The number of benzene rings is 1. The van der Waals surface area contributed by atoms with Crippen molar-refractivity contribution in [1.82, 2.24) is 9.88 Å². The highest BCUT2D eigenvalue weighted by molar-refractivity contribution is 6.00. The molecule has 0 aliphatic heterocycles. The summed E-state index contributed by atoms with van der Waals surface area (Å²) in [5.74, 6) is -0.174. The molecule has 6 nitrogen and oxygen atoms in total. The van der Waals surface area contributed by atoms with Crippen LogP contribution in [0.3, 0.4) is 0 Å². The van der Waals surface area contributed by atoms with Gasteiger partial charge in [0.05, 0.1) is 24.4 Å². The molecule has 0 fully saturated rings. The number of nitrogen functional groups attached to an aromatic ring is 1. The summed E-state index contributed by atoms with van der Waals surface area (Å²) in [6.07, 6.45) is 0. The first-order valence-electron chi connectivity index (χ1n) is 6.43. The van der Waals surface area contributed by atoms with Gasteiger partial charge < -0.3 is 25.5 Å². The number of aliphatic hydroxyl groups excluding tert-OH is 1. The number of hydrogen-bond donors (Lipinski definition) is 3. The summed E-state index contributed by atoms with van der Waals surface area (Å²) in [5, 5.41) is 9.94. The van der Waals surface area contributed by atoms with Crippen molar-refractivity contribution in [1.29, 1.82) is 0 Å². The minimum atomic E-state index is -0.174. The van der Waals surface area contributed by atoms with Crippen molar-refractivity contribution in [3.05, 3.63) is 30.0 Å². The first-order valence-corrected chi connectivity index (χ1v) is 6.43. The van der Waals surface area contributed by atoms with Gasteiger partial charge in [-0.1, -0.05) is 12.1 Å². The van der Waals surface area contributed by atoms with E-state index in [1.165, 1.54) is 0 Å². The van der Waals surface area contributed by atoms with Crippen LogP contribution in [0.5, 0.6) is 0 Å². The van der Waals surface area contributed by atoms with Crippen LogP contribution in [-0.2, 0) is 4.74 Å². The fourth-order valence-electron chi connectivity index (χ4n) is 2.10. The summed E-state index contributed by atoms with van der Waals surface area (Å²) in [6.45, 7) is 1.04. The van der Waals surface area contributed by atoms with Crippen molar-refractivity contribution in [2.75, 3.05) is 39.1 Å². The van der Waals surface area contributed by atoms with Crippen molar-refractivity contribution >= 4 is 22.5 Å². The Hall–Kier alpha value is -2.05. The lowest BCUT2D eigenvalue weighted by molar-refractivity contribution is 0.0652. The monoisotopic (exact) mass is 277 g/mol. The average Bonchev–Trinajstić information content (AvgIpc) is 2.88. The predicted octanol–water partition coefficient (Wildman–Crippen LogP) is 0.831. The van der Waals surface area contributed by atoms with E-state index >= 15 is 0 Å². The van der Waals surface area contributed by atoms with Gasteiger partial charge >= 0.3 is 0 Å². The number of fused-ring (bicyclic) bond motifs is 1. The zero-order valence-corrected chi connectivity index (χ0v) is 11.4. The second-order valence-corrected chi connectivity index (χ2v) is 4.50. The van der Waals surface area contributed by atoms with Gasteiger partial charge in [-0.2, -0.15) is 0 Å². The van der Waals surface area contributed by atoms with Gasteiger partial charge in [-0.25, -0.2) is 0 Å². The van der Waals surface area contributed by atoms with Crippen molar-refractivity contribution in [3.63, 3.8) is 0 Å². The molecule has 0 aliphatic rings. The highest BCUT2D eigenvalue weighted by atomic mass is 16.5. The minimum absolute atomic E-state index is 0.0855. The Morgan fingerprint density at radius 1 is 1.45 bits per heavy atom. The number of aromatic nitrogens is 1. The number of para-hydroxylation sites is 1. The number of anilines is 1. The number of nitrogens with two attached hydrogens (primary N) is 1. The Labute approximate surface area is 117 Å². The fourth-order valence-corrected chi connectivity index (χ4v) is 2.10. The van der Waals surface area contributed by atoms with Gasteiger partial charge in [0.1, 0.15) is 5.69 Å². The van der Waals surface area contributed by atoms with Crippen LogP contribution >= 0.6 is 0 Å². The first kappa shape index (κ1) is 14.4. The molecule has 0 bridgehead atoms. The molecule has 108 valence electrons. The Balaban J connectivity index is 2.26. The number of nitrogens with zero attached hydrogens (tertiary/aromatic N) is 1. The second kappa shape index (κ2) is 6.40. The Kier molecular flexibility index (Phi) is 4.60. The van der Waals surface area contributed by atoms with Crippen LogP contribution in [-0.4, -0.2) is 54.3 Å². The van der Waals surface area contributed by atoms with Crippen LogP contribution in [0.25, 0.3) is 10.9 Å². The van der Waals surface area contributed by atoms with Crippen molar-refractivity contribution < 1.29 is 14.6 Å². The number of methoxy groups -OCH3 is 1. The molecule has 0 spiro atoms. The lowest BCUT2D eigenvalue weighted by atomic mass is 10.2. The number of rotatable bonds is 6. The molecule has 0 saturated heterocycles. The summed E-state index contributed by atoms with van der Waals surface area (Å²) in [6, 6.07) is 7.29. The normalized spacial score (nSPS) is 10.9. The minimum Gasteiger partial charge on any atom is -0.397 e. The van der Waals surface area contributed by atoms with E-state index in [-0.39, 0.29) is 19.1 Å². The molecule has 0 aliphatic carbocycles. The maximum absolute atomic E-state index is 12.4. The molecule has 1 aromatic heterocycles. The first-order chi connectivity index (χ1) is 9.67. The van der Waals surface area contributed by atoms with Gasteiger partial charge in [-0.05, 0) is 12.1 Å². The zero-order valence-electron chi connectivity index (χ0n) is 11.4. The van der Waals surface area contributed by atoms with E-state index < -0.39 is 0 Å². The maximum Gasteiger partial charge on any atom is 0.270 e. The second-order valence-electron chi connectivity index (χ2n) is 4.50. The van der Waals surface area contributed by atoms with Gasteiger partial charge in [0, 0.05) is 25.6 Å². The number of ether oxygens (including phenoxy) is 1. The molecule has 1 heterocycles. The molecule has 0 atom stereocenters. The lowest BCUT2D eigenvalue weighted by Gasteiger charge is -2.20. The van der Waals surface area contributed by atoms with Crippen molar-refractivity contribution in [2.24, 2.45) is 0 Å². The molecule has 1 aromatic carbocycles. The third kappa shape index (κ3) is 2.92. The highest BCUT2D eigenvalue weighted by Gasteiger charge is 2.17. The fraction of sp³-hybridized carbons (Fsp3) is 0.357. The summed E-state index contributed by atoms with van der Waals surface area (Å²) in [5.41, 5.74) is 7.69. The molecule has 0 saturated carbocycles. The van der Waals surface area contributed by atoms with E-state index in [4.69, 9.17) is 15.6 Å². The number of aliphatic hydroxyl groups is 1. The van der Waals surface area contributed by atoms with E-state index in [0.717, 1.165) is 10.9 Å². The number of H-pyrrole nitrogens is 1. The number of carbonyl (C=O) groups excluding carboxylic acids is 1. The van der Waals surface area contributed by atoms with Crippen molar-refractivity contribution in [2.45, 2.75) is 0 Å². The summed E-state index contributed by atoms with van der Waals surface area (Å²) in [7, 11) is 1.57. The van der Waals surface area contributed by atoms with Gasteiger partial charge in [0.25, 0.3) is 5.91 Å². The van der Waals surface area contributed by atoms with Crippen LogP contribution in [0.1, 0.15) is 10.5 Å². The average molecular weight is 277 g/mol. The van der Waals surface area contributed by atoms with E-state index in [1.54, 1.807) is 24.1 Å². The largest absolute Gasteiger partial charge is 0.397 e. The van der Waals surface area contributed by atoms with E-state index in [9.17, 15) is 4.79 Å². The van der Waals surface area contributed by atoms with E-state index in [1.807, 2.05) is 12.1 Å². The quantitative estimate of drug-likeness (QED) is 0.682. The number of hydrogen-bond acceptors (Lipinski definition) is 4. The Morgan fingerprint density at radius 2 is 2.25 bits per heavy atom. The zero-order chi connectivity index (χ0) is 14.5. The molecular weight excluding hydrogens is 258 g/mol. The molecule has 0 radical (unpaired) electrons. The van der Waals surface area contributed by atoms with Gasteiger partial charge in [-0.3, -0.25) is 4.79 Å². The van der Waals surface area contributed by atoms with Gasteiger partial charge in [0.2, 0.25) is 0 Å². The molecular formula is C14H19N3O3. The van der Waals surface area contributed by atoms with Gasteiger partial charge in [-0.15, -0.1) is 0 Å². The number of amides is 1. The SMILES string of the molecule is COCCN(CCO)C(=O)c1cc2cccc(N)c2[nH]1. The van der Waals surface area contributed by atoms with Crippen LogP contribution in [0.15, 0.2) is 24.3 Å². The molecule has 2 aromatic rings. The Morgan fingerprint density at radius 3 is 2.90 bits per heavy atom. The van der Waals surface area contributed by atoms with E-state index in [0.29, 0.717) is 24.5 Å². The predicted molar refractivity (Wildman–Crippen MR) is 77.6 cm³/mol. The maximum atomic E-state index is 12.4. The summed E-state index contributed by atoms with van der Waals surface area (Å²) < 4.78 is 4.98. The van der Waals surface area contributed by atoms with Crippen LogP contribution < -0.4 is 5.73 Å². The number of carbonyl (C=O) groups is 1. The van der Waals surface area contributed by atoms with E-state index in [2.05, 4.69) is 4.98 Å². The van der Waals surface area contributed by atoms with Crippen molar-refractivity contribution in [3.8, 4) is 0 Å². The smallest absolute Gasteiger partial charge is 0.270 e. The van der Waals surface area contributed by atoms with Crippen LogP contribution in [0.2, 0.25) is 0 Å². The topological polar surface area (TPSA) is 91.6 Å². The van der Waals surface area contributed by atoms with Crippen LogP contribution in [0.4, 0.5) is 5.69 Å². The number of aromatic amines is 1. The molecule has 6 heteroatoms.